The van der Waals surface area contributed by atoms with Crippen LogP contribution >= 0.6 is 0 Å². The molecule has 2 heteroatoms. The van der Waals surface area contributed by atoms with Gasteiger partial charge in [-0.05, 0) is 70.1 Å². The second-order valence-electron chi connectivity index (χ2n) is 10.6. The normalized spacial score (nSPS) is 11.3. The Balaban J connectivity index is 1.38. The molecule has 0 aliphatic rings. The van der Waals surface area contributed by atoms with Gasteiger partial charge in [0.05, 0.1) is 5.69 Å². The second kappa shape index (κ2) is 10.1. The summed E-state index contributed by atoms with van der Waals surface area (Å²) in [6, 6.07) is 57.9. The highest BCUT2D eigenvalue weighted by atomic mass is 16.3. The van der Waals surface area contributed by atoms with Gasteiger partial charge in [-0.2, -0.15) is 0 Å². The predicted octanol–water partition coefficient (Wildman–Crippen LogP) is 11.5. The van der Waals surface area contributed by atoms with Crippen LogP contribution in [0.4, 0.5) is 17.1 Å². The average Bonchev–Trinajstić information content (AvgIpc) is 3.45. The van der Waals surface area contributed by atoms with Gasteiger partial charge in [-0.15, -0.1) is 0 Å². The lowest BCUT2D eigenvalue weighted by Crippen LogP contribution is -2.10. The zero-order valence-corrected chi connectivity index (χ0v) is 22.9. The minimum atomic E-state index is 0.902. The molecule has 0 spiro atoms. The summed E-state index contributed by atoms with van der Waals surface area (Å²) >= 11 is 0. The Morgan fingerprint density at radius 1 is 0.405 bits per heavy atom. The maximum atomic E-state index is 6.57. The van der Waals surface area contributed by atoms with Crippen molar-refractivity contribution in [1.29, 1.82) is 0 Å². The predicted molar refractivity (Wildman–Crippen MR) is 177 cm³/mol. The van der Waals surface area contributed by atoms with Crippen molar-refractivity contribution in [2.24, 2.45) is 0 Å². The van der Waals surface area contributed by atoms with Crippen molar-refractivity contribution in [1.82, 2.24) is 0 Å². The fourth-order valence-electron chi connectivity index (χ4n) is 6.04. The molecular formula is C40H27NO. The summed E-state index contributed by atoms with van der Waals surface area (Å²) in [4.78, 5) is 2.36. The van der Waals surface area contributed by atoms with Crippen LogP contribution in [0.3, 0.4) is 0 Å². The molecule has 198 valence electrons. The van der Waals surface area contributed by atoms with Crippen LogP contribution in [-0.2, 0) is 0 Å². The van der Waals surface area contributed by atoms with E-state index < -0.39 is 0 Å². The van der Waals surface area contributed by atoms with Crippen LogP contribution in [0.25, 0.3) is 55.0 Å². The van der Waals surface area contributed by atoms with Gasteiger partial charge in [0.1, 0.15) is 11.2 Å². The van der Waals surface area contributed by atoms with E-state index in [1.54, 1.807) is 0 Å². The molecule has 0 atom stereocenters. The Morgan fingerprint density at radius 2 is 1.05 bits per heavy atom. The van der Waals surface area contributed by atoms with Crippen molar-refractivity contribution in [3.8, 4) is 22.3 Å². The van der Waals surface area contributed by atoms with Crippen LogP contribution in [0.2, 0.25) is 0 Å². The van der Waals surface area contributed by atoms with Gasteiger partial charge in [-0.3, -0.25) is 0 Å². The minimum Gasteiger partial charge on any atom is -0.455 e. The highest BCUT2D eigenvalue weighted by molar-refractivity contribution is 6.19. The number of benzene rings is 7. The summed E-state index contributed by atoms with van der Waals surface area (Å²) in [7, 11) is 0. The SMILES string of the molecule is c1ccc(-c2ccc(N(c3cccc(-c4ccccc4)c3)c3cccc4ccc5c6ccccc6oc5c34)cc2)cc1. The van der Waals surface area contributed by atoms with E-state index in [2.05, 4.69) is 157 Å². The molecule has 0 fully saturated rings. The largest absolute Gasteiger partial charge is 0.455 e. The quantitative estimate of drug-likeness (QED) is 0.217. The molecule has 0 aliphatic carbocycles. The zero-order chi connectivity index (χ0) is 27.9. The van der Waals surface area contributed by atoms with Crippen LogP contribution < -0.4 is 4.90 Å². The number of furan rings is 1. The van der Waals surface area contributed by atoms with E-state index in [0.29, 0.717) is 0 Å². The van der Waals surface area contributed by atoms with E-state index in [1.165, 1.54) is 22.3 Å². The Labute approximate surface area is 244 Å². The van der Waals surface area contributed by atoms with E-state index in [4.69, 9.17) is 4.42 Å². The van der Waals surface area contributed by atoms with Crippen molar-refractivity contribution in [2.75, 3.05) is 4.90 Å². The van der Waals surface area contributed by atoms with E-state index in [0.717, 1.165) is 49.8 Å². The first-order chi connectivity index (χ1) is 20.8. The molecule has 0 radical (unpaired) electrons. The Bertz CT molecular complexity index is 2180. The first-order valence-electron chi connectivity index (χ1n) is 14.3. The number of anilines is 3. The van der Waals surface area contributed by atoms with Crippen molar-refractivity contribution in [3.05, 3.63) is 164 Å². The molecule has 0 saturated heterocycles. The molecule has 0 N–H and O–H groups in total. The number of rotatable bonds is 5. The van der Waals surface area contributed by atoms with E-state index in [-0.39, 0.29) is 0 Å². The van der Waals surface area contributed by atoms with Gasteiger partial charge in [0.2, 0.25) is 0 Å². The van der Waals surface area contributed by atoms with Crippen LogP contribution in [0.5, 0.6) is 0 Å². The highest BCUT2D eigenvalue weighted by Crippen LogP contribution is 2.44. The molecule has 8 rings (SSSR count). The van der Waals surface area contributed by atoms with Gasteiger partial charge in [-0.25, -0.2) is 0 Å². The Morgan fingerprint density at radius 3 is 1.83 bits per heavy atom. The number of hydrogen-bond acceptors (Lipinski definition) is 2. The summed E-state index contributed by atoms with van der Waals surface area (Å²) < 4.78 is 6.57. The fraction of sp³-hybridized carbons (Fsp3) is 0. The molecule has 2 nitrogen and oxygen atoms in total. The lowest BCUT2D eigenvalue weighted by molar-refractivity contribution is 0.672. The van der Waals surface area contributed by atoms with Gasteiger partial charge < -0.3 is 9.32 Å². The topological polar surface area (TPSA) is 16.4 Å². The molecular weight excluding hydrogens is 510 g/mol. The second-order valence-corrected chi connectivity index (χ2v) is 10.6. The molecule has 8 aromatic rings. The Hall–Kier alpha value is -5.60. The molecule has 7 aromatic carbocycles. The first kappa shape index (κ1) is 24.2. The molecule has 0 saturated carbocycles. The lowest BCUT2D eigenvalue weighted by atomic mass is 10.0. The van der Waals surface area contributed by atoms with Gasteiger partial charge in [0, 0.05) is 27.5 Å². The van der Waals surface area contributed by atoms with Crippen LogP contribution in [0.15, 0.2) is 168 Å². The lowest BCUT2D eigenvalue weighted by Gasteiger charge is -2.27. The number of para-hydroxylation sites is 1. The minimum absolute atomic E-state index is 0.902. The zero-order valence-electron chi connectivity index (χ0n) is 22.9. The molecule has 0 unspecified atom stereocenters. The van der Waals surface area contributed by atoms with Crippen molar-refractivity contribution >= 4 is 49.8 Å². The van der Waals surface area contributed by atoms with Crippen LogP contribution in [-0.4, -0.2) is 0 Å². The first-order valence-corrected chi connectivity index (χ1v) is 14.3. The summed E-state index contributed by atoms with van der Waals surface area (Å²) in [5.74, 6) is 0. The van der Waals surface area contributed by atoms with E-state index in [9.17, 15) is 0 Å². The third-order valence-corrected chi connectivity index (χ3v) is 8.05. The van der Waals surface area contributed by atoms with Crippen molar-refractivity contribution in [2.45, 2.75) is 0 Å². The third kappa shape index (κ3) is 4.13. The standard InChI is InChI=1S/C40H27NO/c1-3-11-28(12-4-1)30-21-24-33(25-22-30)41(34-17-9-16-32(27-34)29-13-5-2-6-14-29)37-19-10-15-31-23-26-36-35-18-7-8-20-38(35)42-40(36)39(31)37/h1-27H. The molecule has 1 heterocycles. The molecule has 0 aliphatic heterocycles. The monoisotopic (exact) mass is 537 g/mol. The summed E-state index contributed by atoms with van der Waals surface area (Å²) in [5.41, 5.74) is 9.82. The molecule has 0 amide bonds. The van der Waals surface area contributed by atoms with E-state index in [1.807, 2.05) is 12.1 Å². The number of fused-ring (bicyclic) bond motifs is 5. The average molecular weight is 538 g/mol. The molecule has 42 heavy (non-hydrogen) atoms. The summed E-state index contributed by atoms with van der Waals surface area (Å²) in [5, 5.41) is 4.50. The van der Waals surface area contributed by atoms with Gasteiger partial charge >= 0.3 is 0 Å². The highest BCUT2D eigenvalue weighted by Gasteiger charge is 2.20. The van der Waals surface area contributed by atoms with Crippen molar-refractivity contribution in [3.63, 3.8) is 0 Å². The van der Waals surface area contributed by atoms with Crippen molar-refractivity contribution < 1.29 is 4.42 Å². The third-order valence-electron chi connectivity index (χ3n) is 8.05. The van der Waals surface area contributed by atoms with Crippen LogP contribution in [0, 0.1) is 0 Å². The smallest absolute Gasteiger partial charge is 0.145 e. The molecule has 1 aromatic heterocycles. The maximum Gasteiger partial charge on any atom is 0.145 e. The molecule has 0 bridgehead atoms. The van der Waals surface area contributed by atoms with Gasteiger partial charge in [0.25, 0.3) is 0 Å². The summed E-state index contributed by atoms with van der Waals surface area (Å²) in [6.45, 7) is 0. The number of hydrogen-bond donors (Lipinski definition) is 0. The number of nitrogens with zero attached hydrogens (tertiary/aromatic N) is 1. The van der Waals surface area contributed by atoms with Gasteiger partial charge in [0.15, 0.2) is 0 Å². The maximum absolute atomic E-state index is 6.57. The Kier molecular flexibility index (Phi) is 5.82. The fourth-order valence-corrected chi connectivity index (χ4v) is 6.04. The van der Waals surface area contributed by atoms with Gasteiger partial charge in [-0.1, -0.05) is 121 Å². The summed E-state index contributed by atoms with van der Waals surface area (Å²) in [6.07, 6.45) is 0. The van der Waals surface area contributed by atoms with E-state index >= 15 is 0 Å². The van der Waals surface area contributed by atoms with Crippen LogP contribution in [0.1, 0.15) is 0 Å².